The lowest BCUT2D eigenvalue weighted by molar-refractivity contribution is -0.119. The van der Waals surface area contributed by atoms with E-state index in [9.17, 15) is 4.79 Å². The van der Waals surface area contributed by atoms with Gasteiger partial charge in [-0.15, -0.1) is 11.8 Å². The number of nitrogens with zero attached hydrogens (tertiary/aromatic N) is 1. The van der Waals surface area contributed by atoms with E-state index < -0.39 is 0 Å². The molecule has 0 radical (unpaired) electrons. The highest BCUT2D eigenvalue weighted by molar-refractivity contribution is 8.00. The lowest BCUT2D eigenvalue weighted by Crippen LogP contribution is -2.48. The van der Waals surface area contributed by atoms with E-state index in [1.807, 2.05) is 30.3 Å². The highest BCUT2D eigenvalue weighted by atomic mass is 32.2. The molecule has 3 rings (SSSR count). The third-order valence-electron chi connectivity index (χ3n) is 4.87. The monoisotopic (exact) mass is 400 g/mol. The predicted molar refractivity (Wildman–Crippen MR) is 113 cm³/mol. The molecule has 0 spiro atoms. The molecular formula is C22H28N2O3S. The summed E-state index contributed by atoms with van der Waals surface area (Å²) in [5, 5.41) is 3.20. The average molecular weight is 401 g/mol. The maximum atomic E-state index is 12.6. The molecule has 1 amide bonds. The summed E-state index contributed by atoms with van der Waals surface area (Å²) >= 11 is 1.53. The molecule has 0 aliphatic carbocycles. The molecule has 1 heterocycles. The van der Waals surface area contributed by atoms with Crippen LogP contribution in [0.1, 0.15) is 18.5 Å². The summed E-state index contributed by atoms with van der Waals surface area (Å²) in [6, 6.07) is 18.3. The fourth-order valence-corrected chi connectivity index (χ4v) is 4.23. The van der Waals surface area contributed by atoms with Crippen LogP contribution in [0, 0.1) is 0 Å². The maximum absolute atomic E-state index is 12.6. The molecule has 5 nitrogen and oxygen atoms in total. The molecule has 0 aromatic heterocycles. The molecule has 1 saturated heterocycles. The molecule has 6 heteroatoms. The van der Waals surface area contributed by atoms with Crippen molar-refractivity contribution in [1.29, 1.82) is 0 Å². The summed E-state index contributed by atoms with van der Waals surface area (Å²) in [5.74, 6) is 1.25. The van der Waals surface area contributed by atoms with E-state index >= 15 is 0 Å². The van der Waals surface area contributed by atoms with E-state index in [4.69, 9.17) is 9.47 Å². The Morgan fingerprint density at radius 3 is 2.46 bits per heavy atom. The van der Waals surface area contributed by atoms with Crippen LogP contribution < -0.4 is 10.1 Å². The zero-order chi connectivity index (χ0) is 19.8. The normalized spacial score (nSPS) is 16.9. The van der Waals surface area contributed by atoms with E-state index in [-0.39, 0.29) is 18.0 Å². The standard InChI is InChI=1S/C22H28N2O3S/c1-17(23-21(25)16-28-20-10-8-19(26-2)9-11-20)22(18-6-4-3-5-7-18)24-12-14-27-15-13-24/h3-11,17,22H,12-16H2,1-2H3,(H,23,25)/t17-,22-/m1/s1. The van der Waals surface area contributed by atoms with Gasteiger partial charge in [0, 0.05) is 24.0 Å². The van der Waals surface area contributed by atoms with Gasteiger partial charge >= 0.3 is 0 Å². The van der Waals surface area contributed by atoms with Gasteiger partial charge in [-0.1, -0.05) is 30.3 Å². The third-order valence-corrected chi connectivity index (χ3v) is 5.88. The number of carbonyl (C=O) groups excluding carboxylic acids is 1. The van der Waals surface area contributed by atoms with Gasteiger partial charge < -0.3 is 14.8 Å². The van der Waals surface area contributed by atoms with E-state index in [1.165, 1.54) is 17.3 Å². The van der Waals surface area contributed by atoms with Crippen LogP contribution >= 0.6 is 11.8 Å². The molecule has 2 atom stereocenters. The lowest BCUT2D eigenvalue weighted by atomic mass is 9.98. The van der Waals surface area contributed by atoms with Crippen molar-refractivity contribution in [2.24, 2.45) is 0 Å². The quantitative estimate of drug-likeness (QED) is 0.689. The van der Waals surface area contributed by atoms with Crippen LogP contribution in [0.2, 0.25) is 0 Å². The number of nitrogens with one attached hydrogen (secondary N) is 1. The Bertz CT molecular complexity index is 733. The van der Waals surface area contributed by atoms with Gasteiger partial charge in [0.1, 0.15) is 5.75 Å². The van der Waals surface area contributed by atoms with Gasteiger partial charge in [0.15, 0.2) is 0 Å². The largest absolute Gasteiger partial charge is 0.497 e. The Hall–Kier alpha value is -2.02. The van der Waals surface area contributed by atoms with Crippen molar-refractivity contribution in [1.82, 2.24) is 10.2 Å². The Morgan fingerprint density at radius 2 is 1.82 bits per heavy atom. The number of ether oxygens (including phenoxy) is 2. The summed E-state index contributed by atoms with van der Waals surface area (Å²) in [5.41, 5.74) is 1.22. The fraction of sp³-hybridized carbons (Fsp3) is 0.409. The van der Waals surface area contributed by atoms with Crippen molar-refractivity contribution in [3.8, 4) is 5.75 Å². The SMILES string of the molecule is COc1ccc(SCC(=O)N[C@H](C)[C@H](c2ccccc2)N2CCOCC2)cc1. The molecule has 1 fully saturated rings. The first-order chi connectivity index (χ1) is 13.7. The molecule has 0 saturated carbocycles. The molecule has 150 valence electrons. The van der Waals surface area contributed by atoms with E-state index in [0.717, 1.165) is 36.9 Å². The number of rotatable bonds is 8. The van der Waals surface area contributed by atoms with Crippen molar-refractivity contribution in [3.05, 3.63) is 60.2 Å². The minimum Gasteiger partial charge on any atom is -0.497 e. The zero-order valence-electron chi connectivity index (χ0n) is 16.5. The van der Waals surface area contributed by atoms with Crippen LogP contribution in [-0.4, -0.2) is 56.0 Å². The molecule has 1 N–H and O–H groups in total. The predicted octanol–water partition coefficient (Wildman–Crippen LogP) is 3.37. The van der Waals surface area contributed by atoms with Crippen LogP contribution in [0.5, 0.6) is 5.75 Å². The van der Waals surface area contributed by atoms with Crippen molar-refractivity contribution in [3.63, 3.8) is 0 Å². The van der Waals surface area contributed by atoms with Gasteiger partial charge in [0.2, 0.25) is 5.91 Å². The van der Waals surface area contributed by atoms with Crippen molar-refractivity contribution in [2.75, 3.05) is 39.2 Å². The number of morpholine rings is 1. The average Bonchev–Trinajstić information content (AvgIpc) is 2.74. The van der Waals surface area contributed by atoms with Gasteiger partial charge in [-0.2, -0.15) is 0 Å². The second kappa shape index (κ2) is 10.5. The van der Waals surface area contributed by atoms with Crippen LogP contribution in [0.3, 0.4) is 0 Å². The van der Waals surface area contributed by atoms with Crippen molar-refractivity contribution in [2.45, 2.75) is 23.9 Å². The molecule has 0 unspecified atom stereocenters. The van der Waals surface area contributed by atoms with E-state index in [0.29, 0.717) is 5.75 Å². The number of thioether (sulfide) groups is 1. The molecule has 2 aromatic rings. The summed E-state index contributed by atoms with van der Waals surface area (Å²) < 4.78 is 10.7. The molecular weight excluding hydrogens is 372 g/mol. The van der Waals surface area contributed by atoms with E-state index in [1.54, 1.807) is 7.11 Å². The van der Waals surface area contributed by atoms with Gasteiger partial charge in [0.25, 0.3) is 0 Å². The number of hydrogen-bond donors (Lipinski definition) is 1. The van der Waals surface area contributed by atoms with Gasteiger partial charge in [-0.3, -0.25) is 9.69 Å². The smallest absolute Gasteiger partial charge is 0.230 e. The molecule has 0 bridgehead atoms. The zero-order valence-corrected chi connectivity index (χ0v) is 17.3. The number of benzene rings is 2. The van der Waals surface area contributed by atoms with Crippen LogP contribution in [0.4, 0.5) is 0 Å². The van der Waals surface area contributed by atoms with Crippen LogP contribution in [-0.2, 0) is 9.53 Å². The number of amides is 1. The highest BCUT2D eigenvalue weighted by Gasteiger charge is 2.28. The fourth-order valence-electron chi connectivity index (χ4n) is 3.52. The van der Waals surface area contributed by atoms with E-state index in [2.05, 4.69) is 41.4 Å². The van der Waals surface area contributed by atoms with Crippen molar-refractivity contribution < 1.29 is 14.3 Å². The first-order valence-corrected chi connectivity index (χ1v) is 10.6. The lowest BCUT2D eigenvalue weighted by Gasteiger charge is -2.38. The minimum absolute atomic E-state index is 0.00414. The second-order valence-electron chi connectivity index (χ2n) is 6.82. The Balaban J connectivity index is 1.60. The minimum atomic E-state index is 0.00414. The Labute approximate surface area is 171 Å². The summed E-state index contributed by atoms with van der Waals surface area (Å²) in [7, 11) is 1.65. The summed E-state index contributed by atoms with van der Waals surface area (Å²) in [6.07, 6.45) is 0. The maximum Gasteiger partial charge on any atom is 0.230 e. The number of hydrogen-bond acceptors (Lipinski definition) is 5. The first-order valence-electron chi connectivity index (χ1n) is 9.60. The molecule has 28 heavy (non-hydrogen) atoms. The molecule has 2 aromatic carbocycles. The van der Waals surface area contributed by atoms with Gasteiger partial charge in [0.05, 0.1) is 32.1 Å². The third kappa shape index (κ3) is 5.74. The topological polar surface area (TPSA) is 50.8 Å². The number of methoxy groups -OCH3 is 1. The summed E-state index contributed by atoms with van der Waals surface area (Å²) in [6.45, 7) is 5.30. The second-order valence-corrected chi connectivity index (χ2v) is 7.87. The number of carbonyl (C=O) groups is 1. The van der Waals surface area contributed by atoms with Crippen LogP contribution in [0.25, 0.3) is 0 Å². The van der Waals surface area contributed by atoms with Crippen molar-refractivity contribution >= 4 is 17.7 Å². The molecule has 1 aliphatic heterocycles. The Kier molecular flexibility index (Phi) is 7.77. The van der Waals surface area contributed by atoms with Gasteiger partial charge in [-0.25, -0.2) is 0 Å². The van der Waals surface area contributed by atoms with Crippen LogP contribution in [0.15, 0.2) is 59.5 Å². The summed E-state index contributed by atoms with van der Waals surface area (Å²) in [4.78, 5) is 16.0. The Morgan fingerprint density at radius 1 is 1.14 bits per heavy atom. The van der Waals surface area contributed by atoms with Gasteiger partial charge in [-0.05, 0) is 36.8 Å². The molecule has 1 aliphatic rings. The highest BCUT2D eigenvalue weighted by Crippen LogP contribution is 2.26. The first kappa shape index (κ1) is 20.7.